The number of aryl methyl sites for hydroxylation is 1. The van der Waals surface area contributed by atoms with E-state index in [1.807, 2.05) is 24.3 Å². The summed E-state index contributed by atoms with van der Waals surface area (Å²) in [6.07, 6.45) is 0.922. The summed E-state index contributed by atoms with van der Waals surface area (Å²) in [6.45, 7) is 2.08. The molecule has 0 atom stereocenters. The molecule has 0 aliphatic heterocycles. The second kappa shape index (κ2) is 8.52. The summed E-state index contributed by atoms with van der Waals surface area (Å²) in [7, 11) is 0. The van der Waals surface area contributed by atoms with Gasteiger partial charge < -0.3 is 0 Å². The fraction of sp³-hybridized carbons (Fsp3) is 0.143. The van der Waals surface area contributed by atoms with Crippen LogP contribution in [0.1, 0.15) is 12.5 Å². The number of hydrogen-bond acceptors (Lipinski definition) is 6. The molecule has 0 saturated heterocycles. The van der Waals surface area contributed by atoms with E-state index in [1.54, 1.807) is 4.57 Å². The predicted octanol–water partition coefficient (Wildman–Crippen LogP) is 5.28. The van der Waals surface area contributed by atoms with Crippen LogP contribution < -0.4 is 5.56 Å². The quantitative estimate of drug-likeness (QED) is 0.233. The van der Waals surface area contributed by atoms with E-state index in [1.165, 1.54) is 45.7 Å². The van der Waals surface area contributed by atoms with Crippen molar-refractivity contribution in [2.45, 2.75) is 18.5 Å². The fourth-order valence-corrected chi connectivity index (χ4v) is 5.02. The van der Waals surface area contributed by atoms with Crippen molar-refractivity contribution < 1.29 is 4.39 Å². The number of halogens is 1. The molecule has 150 valence electrons. The van der Waals surface area contributed by atoms with E-state index in [9.17, 15) is 9.18 Å². The van der Waals surface area contributed by atoms with Crippen LogP contribution in [0.5, 0.6) is 0 Å². The standard InChI is InChI=1S/C21H15FN4OS3/c1-2-13-3-7-15(8-4-13)25-18-17(30-21(25)28)19(27)26(20(24-18)29-12-11-23)16-9-5-14(22)6-10-16/h3-10H,2,12H2,1H3. The van der Waals surface area contributed by atoms with E-state index in [-0.39, 0.29) is 11.3 Å². The van der Waals surface area contributed by atoms with Crippen molar-refractivity contribution in [2.75, 3.05) is 5.75 Å². The van der Waals surface area contributed by atoms with Gasteiger partial charge in [0.05, 0.1) is 17.5 Å². The first-order valence-electron chi connectivity index (χ1n) is 9.07. The van der Waals surface area contributed by atoms with Gasteiger partial charge in [-0.2, -0.15) is 5.26 Å². The van der Waals surface area contributed by atoms with E-state index in [0.717, 1.165) is 23.9 Å². The maximum Gasteiger partial charge on any atom is 0.278 e. The largest absolute Gasteiger partial charge is 0.278 e. The average Bonchev–Trinajstić information content (AvgIpc) is 3.09. The second-order valence-electron chi connectivity index (χ2n) is 6.33. The molecule has 0 unspecified atom stereocenters. The van der Waals surface area contributed by atoms with Gasteiger partial charge in [-0.3, -0.25) is 13.9 Å². The first kappa shape index (κ1) is 20.5. The first-order valence-corrected chi connectivity index (χ1v) is 11.3. The highest BCUT2D eigenvalue weighted by Crippen LogP contribution is 2.27. The SMILES string of the molecule is CCc1ccc(-n2c(=S)sc3c(=O)n(-c4ccc(F)cc4)c(SCC#N)nc32)cc1. The van der Waals surface area contributed by atoms with Crippen LogP contribution in [0, 0.1) is 21.1 Å². The van der Waals surface area contributed by atoms with Gasteiger partial charge in [0.15, 0.2) is 14.8 Å². The molecule has 4 aromatic rings. The molecule has 2 aromatic heterocycles. The highest BCUT2D eigenvalue weighted by molar-refractivity contribution is 7.99. The molecule has 0 spiro atoms. The van der Waals surface area contributed by atoms with Crippen LogP contribution in [0.15, 0.2) is 58.5 Å². The minimum absolute atomic E-state index is 0.120. The number of benzene rings is 2. The van der Waals surface area contributed by atoms with Crippen LogP contribution >= 0.6 is 35.3 Å². The fourth-order valence-electron chi connectivity index (χ4n) is 3.06. The van der Waals surface area contributed by atoms with E-state index < -0.39 is 5.82 Å². The van der Waals surface area contributed by atoms with Gasteiger partial charge in [0.2, 0.25) is 0 Å². The Bertz CT molecular complexity index is 1380. The molecule has 0 amide bonds. The van der Waals surface area contributed by atoms with Gasteiger partial charge in [-0.15, -0.1) is 0 Å². The molecule has 2 aromatic carbocycles. The van der Waals surface area contributed by atoms with Crippen molar-refractivity contribution in [3.05, 3.63) is 74.2 Å². The molecule has 0 bridgehead atoms. The molecule has 0 radical (unpaired) electrons. The lowest BCUT2D eigenvalue weighted by Gasteiger charge is -2.12. The smallest absolute Gasteiger partial charge is 0.275 e. The topological polar surface area (TPSA) is 63.6 Å². The van der Waals surface area contributed by atoms with Crippen LogP contribution in [0.2, 0.25) is 0 Å². The van der Waals surface area contributed by atoms with Gasteiger partial charge in [-0.1, -0.05) is 42.2 Å². The Kier molecular flexibility index (Phi) is 5.81. The zero-order valence-electron chi connectivity index (χ0n) is 15.8. The molecular formula is C21H15FN4OS3. The zero-order chi connectivity index (χ0) is 21.3. The molecule has 30 heavy (non-hydrogen) atoms. The third-order valence-corrected chi connectivity index (χ3v) is 6.69. The summed E-state index contributed by atoms with van der Waals surface area (Å²) in [5, 5.41) is 9.39. The lowest BCUT2D eigenvalue weighted by molar-refractivity contribution is 0.627. The van der Waals surface area contributed by atoms with Crippen molar-refractivity contribution >= 4 is 45.7 Å². The summed E-state index contributed by atoms with van der Waals surface area (Å²) in [5.74, 6) is -0.278. The van der Waals surface area contributed by atoms with Gasteiger partial charge in [0, 0.05) is 5.69 Å². The second-order valence-corrected chi connectivity index (χ2v) is 8.92. The summed E-state index contributed by atoms with van der Waals surface area (Å²) < 4.78 is 17.5. The van der Waals surface area contributed by atoms with Crippen molar-refractivity contribution in [3.8, 4) is 17.4 Å². The van der Waals surface area contributed by atoms with Crippen LogP contribution in [-0.2, 0) is 6.42 Å². The summed E-state index contributed by atoms with van der Waals surface area (Å²) in [4.78, 5) is 18.1. The lowest BCUT2D eigenvalue weighted by Crippen LogP contribution is -2.21. The summed E-state index contributed by atoms with van der Waals surface area (Å²) in [6, 6.07) is 15.6. The third-order valence-electron chi connectivity index (χ3n) is 4.53. The van der Waals surface area contributed by atoms with Crippen molar-refractivity contribution in [3.63, 3.8) is 0 Å². The van der Waals surface area contributed by atoms with Crippen LogP contribution in [-0.4, -0.2) is 19.9 Å². The van der Waals surface area contributed by atoms with Crippen LogP contribution in [0.25, 0.3) is 21.7 Å². The molecule has 5 nitrogen and oxygen atoms in total. The first-order chi connectivity index (χ1) is 14.5. The molecule has 4 rings (SSSR count). The van der Waals surface area contributed by atoms with Gasteiger partial charge >= 0.3 is 0 Å². The number of nitrogens with zero attached hydrogens (tertiary/aromatic N) is 4. The Balaban J connectivity index is 1.99. The Morgan fingerprint density at radius 2 is 1.77 bits per heavy atom. The van der Waals surface area contributed by atoms with Crippen LogP contribution in [0.4, 0.5) is 4.39 Å². The number of thiazole rings is 1. The van der Waals surface area contributed by atoms with Crippen molar-refractivity contribution in [1.82, 2.24) is 14.1 Å². The molecular weight excluding hydrogens is 439 g/mol. The monoisotopic (exact) mass is 454 g/mol. The lowest BCUT2D eigenvalue weighted by atomic mass is 10.1. The third kappa shape index (κ3) is 3.69. The maximum atomic E-state index is 13.4. The van der Waals surface area contributed by atoms with Crippen molar-refractivity contribution in [2.24, 2.45) is 0 Å². The van der Waals surface area contributed by atoms with E-state index in [2.05, 4.69) is 13.0 Å². The minimum Gasteiger partial charge on any atom is -0.275 e. The van der Waals surface area contributed by atoms with E-state index in [0.29, 0.717) is 25.1 Å². The Morgan fingerprint density at radius 1 is 1.13 bits per heavy atom. The van der Waals surface area contributed by atoms with Crippen molar-refractivity contribution in [1.29, 1.82) is 5.26 Å². The summed E-state index contributed by atoms with van der Waals surface area (Å²) >= 11 is 7.89. The maximum absolute atomic E-state index is 13.4. The molecule has 0 saturated carbocycles. The molecule has 9 heteroatoms. The Morgan fingerprint density at radius 3 is 2.40 bits per heavy atom. The van der Waals surface area contributed by atoms with Gasteiger partial charge in [0.25, 0.3) is 5.56 Å². The number of aromatic nitrogens is 3. The number of nitriles is 1. The predicted molar refractivity (Wildman–Crippen MR) is 121 cm³/mol. The molecule has 0 aliphatic rings. The summed E-state index contributed by atoms with van der Waals surface area (Å²) in [5.41, 5.74) is 2.66. The minimum atomic E-state index is -0.399. The number of thioether (sulfide) groups is 1. The number of hydrogen-bond donors (Lipinski definition) is 0. The van der Waals surface area contributed by atoms with E-state index in [4.69, 9.17) is 22.5 Å². The number of rotatable bonds is 5. The highest BCUT2D eigenvalue weighted by Gasteiger charge is 2.19. The Hall–Kier alpha value is -2.80. The molecule has 0 fully saturated rings. The molecule has 2 heterocycles. The van der Waals surface area contributed by atoms with Gasteiger partial charge in [-0.25, -0.2) is 9.37 Å². The molecule has 0 N–H and O–H groups in total. The van der Waals surface area contributed by atoms with Gasteiger partial charge in [-0.05, 0) is 60.6 Å². The van der Waals surface area contributed by atoms with Gasteiger partial charge in [0.1, 0.15) is 10.5 Å². The van der Waals surface area contributed by atoms with Crippen LogP contribution in [0.3, 0.4) is 0 Å². The average molecular weight is 455 g/mol. The number of fused-ring (bicyclic) bond motifs is 1. The van der Waals surface area contributed by atoms with E-state index >= 15 is 0 Å². The zero-order valence-corrected chi connectivity index (χ0v) is 18.3. The highest BCUT2D eigenvalue weighted by atomic mass is 32.2. The Labute approximate surface area is 185 Å². The normalized spacial score (nSPS) is 11.0. The molecule has 0 aliphatic carbocycles.